The van der Waals surface area contributed by atoms with Crippen molar-refractivity contribution in [3.63, 3.8) is 0 Å². The highest BCUT2D eigenvalue weighted by atomic mass is 16.5. The average molecular weight is 217 g/mol. The molecule has 0 spiro atoms. The minimum Gasteiger partial charge on any atom is -0.468 e. The molecule has 5 nitrogen and oxygen atoms in total. The molecule has 0 rings (SSSR count). The van der Waals surface area contributed by atoms with Crippen LogP contribution in [-0.4, -0.2) is 69.7 Å². The van der Waals surface area contributed by atoms with Gasteiger partial charge in [-0.3, -0.25) is 4.79 Å². The fourth-order valence-electron chi connectivity index (χ4n) is 1.11. The predicted molar refractivity (Wildman–Crippen MR) is 60.7 cm³/mol. The number of nitrogens with two attached hydrogens (primary N) is 1. The summed E-state index contributed by atoms with van der Waals surface area (Å²) >= 11 is 0. The van der Waals surface area contributed by atoms with Crippen LogP contribution in [0.5, 0.6) is 0 Å². The second kappa shape index (κ2) is 7.62. The molecule has 1 unspecified atom stereocenters. The number of carbonyl (C=O) groups excluding carboxylic acids is 1. The monoisotopic (exact) mass is 217 g/mol. The lowest BCUT2D eigenvalue weighted by Gasteiger charge is -2.20. The molecule has 5 heteroatoms. The van der Waals surface area contributed by atoms with Crippen LogP contribution in [0.3, 0.4) is 0 Å². The Kier molecular flexibility index (Phi) is 7.29. The number of ether oxygens (including phenoxy) is 1. The molecule has 15 heavy (non-hydrogen) atoms. The summed E-state index contributed by atoms with van der Waals surface area (Å²) in [5.74, 6) is -0.337. The zero-order valence-corrected chi connectivity index (χ0v) is 10.2. The third-order valence-electron chi connectivity index (χ3n) is 2.25. The van der Waals surface area contributed by atoms with Crippen molar-refractivity contribution in [3.8, 4) is 0 Å². The minimum absolute atomic E-state index is 0.337. The van der Waals surface area contributed by atoms with Gasteiger partial charge in [0, 0.05) is 13.1 Å². The highest BCUT2D eigenvalue weighted by Gasteiger charge is 2.13. The van der Waals surface area contributed by atoms with Crippen molar-refractivity contribution in [3.05, 3.63) is 0 Å². The van der Waals surface area contributed by atoms with Crippen LogP contribution in [0.15, 0.2) is 0 Å². The number of rotatable bonds is 7. The third-order valence-corrected chi connectivity index (χ3v) is 2.25. The maximum Gasteiger partial charge on any atom is 0.322 e. The lowest BCUT2D eigenvalue weighted by molar-refractivity contribution is -0.142. The van der Waals surface area contributed by atoms with Gasteiger partial charge >= 0.3 is 5.97 Å². The summed E-state index contributed by atoms with van der Waals surface area (Å²) in [6, 6.07) is -0.503. The Hall–Kier alpha value is -0.650. The van der Waals surface area contributed by atoms with Crippen molar-refractivity contribution in [2.75, 3.05) is 47.9 Å². The number of esters is 1. The molecule has 2 N–H and O–H groups in total. The second-order valence-electron chi connectivity index (χ2n) is 4.02. The number of nitrogens with zero attached hydrogens (tertiary/aromatic N) is 2. The summed E-state index contributed by atoms with van der Waals surface area (Å²) in [6.07, 6.45) is 0.636. The molecule has 0 amide bonds. The molecule has 0 aromatic rings. The topological polar surface area (TPSA) is 58.8 Å². The summed E-state index contributed by atoms with van der Waals surface area (Å²) in [5.41, 5.74) is 5.62. The zero-order valence-electron chi connectivity index (χ0n) is 10.2. The van der Waals surface area contributed by atoms with Gasteiger partial charge < -0.3 is 20.3 Å². The SMILES string of the molecule is COC(=O)C(N)CCN(C)CCN(C)C. The highest BCUT2D eigenvalue weighted by molar-refractivity contribution is 5.75. The number of carbonyl (C=O) groups is 1. The van der Waals surface area contributed by atoms with Gasteiger partial charge in [-0.2, -0.15) is 0 Å². The molecule has 0 fully saturated rings. The predicted octanol–water partition coefficient (Wildman–Crippen LogP) is -0.630. The highest BCUT2D eigenvalue weighted by Crippen LogP contribution is 1.94. The van der Waals surface area contributed by atoms with E-state index in [4.69, 9.17) is 5.73 Å². The zero-order chi connectivity index (χ0) is 11.8. The van der Waals surface area contributed by atoms with Crippen LogP contribution in [0.2, 0.25) is 0 Å². The van der Waals surface area contributed by atoms with Crippen LogP contribution in [0.25, 0.3) is 0 Å². The molecular weight excluding hydrogens is 194 g/mol. The first-order valence-electron chi connectivity index (χ1n) is 5.14. The second-order valence-corrected chi connectivity index (χ2v) is 4.02. The summed E-state index contributed by atoms with van der Waals surface area (Å²) in [6.45, 7) is 2.79. The van der Waals surface area contributed by atoms with E-state index in [9.17, 15) is 4.79 Å². The van der Waals surface area contributed by atoms with E-state index in [-0.39, 0.29) is 5.97 Å². The maximum atomic E-state index is 11.0. The number of hydrogen-bond acceptors (Lipinski definition) is 5. The van der Waals surface area contributed by atoms with Crippen molar-refractivity contribution in [1.29, 1.82) is 0 Å². The summed E-state index contributed by atoms with van der Waals surface area (Å²) in [5, 5.41) is 0. The largest absolute Gasteiger partial charge is 0.468 e. The third kappa shape index (κ3) is 7.30. The molecule has 0 bridgehead atoms. The van der Waals surface area contributed by atoms with E-state index in [1.54, 1.807) is 0 Å². The summed E-state index contributed by atoms with van der Waals surface area (Å²) in [4.78, 5) is 15.3. The first kappa shape index (κ1) is 14.3. The van der Waals surface area contributed by atoms with Crippen LogP contribution < -0.4 is 5.73 Å². The van der Waals surface area contributed by atoms with Gasteiger partial charge in [-0.15, -0.1) is 0 Å². The van der Waals surface area contributed by atoms with E-state index in [1.165, 1.54) is 7.11 Å². The van der Waals surface area contributed by atoms with E-state index in [2.05, 4.69) is 14.5 Å². The van der Waals surface area contributed by atoms with Crippen molar-refractivity contribution >= 4 is 5.97 Å². The maximum absolute atomic E-state index is 11.0. The lowest BCUT2D eigenvalue weighted by Crippen LogP contribution is -2.37. The van der Waals surface area contributed by atoms with Gasteiger partial charge in [0.05, 0.1) is 7.11 Å². The Morgan fingerprint density at radius 2 is 1.87 bits per heavy atom. The van der Waals surface area contributed by atoms with E-state index in [1.807, 2.05) is 21.1 Å². The average Bonchev–Trinajstić information content (AvgIpc) is 2.21. The summed E-state index contributed by atoms with van der Waals surface area (Å²) in [7, 11) is 7.45. The smallest absolute Gasteiger partial charge is 0.322 e. The van der Waals surface area contributed by atoms with Gasteiger partial charge in [-0.05, 0) is 34.1 Å². The Morgan fingerprint density at radius 3 is 2.33 bits per heavy atom. The molecule has 0 aromatic heterocycles. The first-order chi connectivity index (χ1) is 6.97. The quantitative estimate of drug-likeness (QED) is 0.575. The Bertz CT molecular complexity index is 186. The van der Waals surface area contributed by atoms with Gasteiger partial charge in [0.1, 0.15) is 6.04 Å². The number of likely N-dealkylation sites (N-methyl/N-ethyl adjacent to an activating group) is 2. The van der Waals surface area contributed by atoms with E-state index >= 15 is 0 Å². The van der Waals surface area contributed by atoms with Crippen molar-refractivity contribution < 1.29 is 9.53 Å². The lowest BCUT2D eigenvalue weighted by atomic mass is 10.2. The normalized spacial score (nSPS) is 13.3. The molecule has 1 atom stereocenters. The van der Waals surface area contributed by atoms with E-state index < -0.39 is 6.04 Å². The van der Waals surface area contributed by atoms with Crippen molar-refractivity contribution in [2.24, 2.45) is 5.73 Å². The minimum atomic E-state index is -0.503. The molecule has 90 valence electrons. The Labute approximate surface area is 92.2 Å². The fourth-order valence-corrected chi connectivity index (χ4v) is 1.11. The van der Waals surface area contributed by atoms with Crippen LogP contribution in [0, 0.1) is 0 Å². The Morgan fingerprint density at radius 1 is 1.27 bits per heavy atom. The van der Waals surface area contributed by atoms with E-state index in [0.29, 0.717) is 6.42 Å². The molecule has 0 aromatic carbocycles. The Balaban J connectivity index is 3.61. The molecule has 0 heterocycles. The first-order valence-corrected chi connectivity index (χ1v) is 5.14. The van der Waals surface area contributed by atoms with Gasteiger partial charge in [-0.1, -0.05) is 0 Å². The summed E-state index contributed by atoms with van der Waals surface area (Å²) < 4.78 is 4.55. The molecule has 0 aliphatic heterocycles. The standard InChI is InChI=1S/C10H23N3O2/c1-12(2)7-8-13(3)6-5-9(11)10(14)15-4/h9H,5-8,11H2,1-4H3. The van der Waals surface area contributed by atoms with Crippen molar-refractivity contribution in [1.82, 2.24) is 9.80 Å². The fraction of sp³-hybridized carbons (Fsp3) is 0.900. The molecule has 0 aliphatic rings. The molecule has 0 aliphatic carbocycles. The van der Waals surface area contributed by atoms with Gasteiger partial charge in [0.25, 0.3) is 0 Å². The van der Waals surface area contributed by atoms with E-state index in [0.717, 1.165) is 19.6 Å². The van der Waals surface area contributed by atoms with Gasteiger partial charge in [0.2, 0.25) is 0 Å². The van der Waals surface area contributed by atoms with Gasteiger partial charge in [-0.25, -0.2) is 0 Å². The number of hydrogen-bond donors (Lipinski definition) is 1. The number of methoxy groups -OCH3 is 1. The molecule has 0 radical (unpaired) electrons. The van der Waals surface area contributed by atoms with Crippen LogP contribution in [0.4, 0.5) is 0 Å². The van der Waals surface area contributed by atoms with Crippen LogP contribution >= 0.6 is 0 Å². The molecule has 0 saturated carbocycles. The van der Waals surface area contributed by atoms with Crippen molar-refractivity contribution in [2.45, 2.75) is 12.5 Å². The van der Waals surface area contributed by atoms with Crippen LogP contribution in [0.1, 0.15) is 6.42 Å². The van der Waals surface area contributed by atoms with Crippen LogP contribution in [-0.2, 0) is 9.53 Å². The molecule has 0 saturated heterocycles. The molecular formula is C10H23N3O2. The van der Waals surface area contributed by atoms with Gasteiger partial charge in [0.15, 0.2) is 0 Å².